The van der Waals surface area contributed by atoms with Gasteiger partial charge >= 0.3 is 0 Å². The third-order valence-electron chi connectivity index (χ3n) is 3.35. The Balaban J connectivity index is 1.75. The van der Waals surface area contributed by atoms with Gasteiger partial charge in [-0.05, 0) is 46.3 Å². The minimum Gasteiger partial charge on any atom is -0.304 e. The summed E-state index contributed by atoms with van der Waals surface area (Å²) < 4.78 is 28.7. The van der Waals surface area contributed by atoms with Crippen molar-refractivity contribution in [2.75, 3.05) is 5.32 Å². The van der Waals surface area contributed by atoms with Crippen molar-refractivity contribution < 1.29 is 13.6 Å². The number of amides is 1. The van der Waals surface area contributed by atoms with Crippen molar-refractivity contribution in [3.63, 3.8) is 0 Å². The van der Waals surface area contributed by atoms with Gasteiger partial charge in [0.05, 0.1) is 11.0 Å². The molecule has 1 heterocycles. The van der Waals surface area contributed by atoms with Crippen molar-refractivity contribution in [1.29, 1.82) is 0 Å². The number of nitrogens with zero attached hydrogens (tertiary/aromatic N) is 2. The van der Waals surface area contributed by atoms with Crippen molar-refractivity contribution in [3.05, 3.63) is 82.0 Å². The molecule has 1 aromatic heterocycles. The van der Waals surface area contributed by atoms with E-state index in [1.54, 1.807) is 24.4 Å². The number of nitrogens with one attached hydrogen (secondary N) is 1. The highest BCUT2D eigenvalue weighted by Gasteiger charge is 2.13. The maximum atomic E-state index is 13.7. The van der Waals surface area contributed by atoms with Crippen LogP contribution in [0.15, 0.2) is 59.2 Å². The van der Waals surface area contributed by atoms with Crippen LogP contribution < -0.4 is 5.32 Å². The molecule has 0 radical (unpaired) electrons. The van der Waals surface area contributed by atoms with Gasteiger partial charge in [0, 0.05) is 17.3 Å². The lowest BCUT2D eigenvalue weighted by Crippen LogP contribution is -2.13. The molecule has 3 rings (SSSR count). The smallest absolute Gasteiger partial charge is 0.256 e. The molecule has 0 aliphatic heterocycles. The normalized spacial score (nSPS) is 10.6. The second-order valence-electron chi connectivity index (χ2n) is 5.08. The van der Waals surface area contributed by atoms with Crippen molar-refractivity contribution in [1.82, 2.24) is 9.78 Å². The van der Waals surface area contributed by atoms with Crippen LogP contribution in [0.4, 0.5) is 14.6 Å². The minimum atomic E-state index is -0.415. The van der Waals surface area contributed by atoms with Crippen LogP contribution in [-0.4, -0.2) is 15.7 Å². The lowest BCUT2D eigenvalue weighted by molar-refractivity contribution is 0.102. The molecule has 0 fully saturated rings. The van der Waals surface area contributed by atoms with E-state index in [-0.39, 0.29) is 12.4 Å². The van der Waals surface area contributed by atoms with Gasteiger partial charge in [-0.25, -0.2) is 8.78 Å². The summed E-state index contributed by atoms with van der Waals surface area (Å²) >= 11 is 3.31. The van der Waals surface area contributed by atoms with E-state index < -0.39 is 11.7 Å². The Morgan fingerprint density at radius 2 is 1.83 bits per heavy atom. The van der Waals surface area contributed by atoms with Gasteiger partial charge in [-0.2, -0.15) is 5.10 Å². The number of aromatic nitrogens is 2. The van der Waals surface area contributed by atoms with Gasteiger partial charge in [0.1, 0.15) is 11.6 Å². The second-order valence-corrected chi connectivity index (χ2v) is 5.93. The SMILES string of the molecule is O=C(Nc1nn(Cc2ccccc2F)cc1Br)c1ccc(F)cc1. The highest BCUT2D eigenvalue weighted by molar-refractivity contribution is 9.10. The average molecular weight is 392 g/mol. The minimum absolute atomic E-state index is 0.234. The summed E-state index contributed by atoms with van der Waals surface area (Å²) in [6, 6.07) is 11.6. The largest absolute Gasteiger partial charge is 0.304 e. The molecular formula is C17H12BrF2N3O. The Morgan fingerprint density at radius 1 is 1.12 bits per heavy atom. The van der Waals surface area contributed by atoms with Crippen LogP contribution in [0.2, 0.25) is 0 Å². The molecule has 1 N–H and O–H groups in total. The van der Waals surface area contributed by atoms with E-state index in [4.69, 9.17) is 0 Å². The van der Waals surface area contributed by atoms with Crippen LogP contribution in [0.25, 0.3) is 0 Å². The summed E-state index contributed by atoms with van der Waals surface area (Å²) in [7, 11) is 0. The lowest BCUT2D eigenvalue weighted by Gasteiger charge is -2.04. The third kappa shape index (κ3) is 3.68. The van der Waals surface area contributed by atoms with Gasteiger partial charge in [-0.3, -0.25) is 9.48 Å². The van der Waals surface area contributed by atoms with Crippen LogP contribution in [-0.2, 0) is 6.54 Å². The molecule has 122 valence electrons. The summed E-state index contributed by atoms with van der Waals surface area (Å²) in [6.45, 7) is 0.234. The Kier molecular flexibility index (Phi) is 4.71. The number of anilines is 1. The van der Waals surface area contributed by atoms with Gasteiger partial charge < -0.3 is 5.32 Å². The van der Waals surface area contributed by atoms with Gasteiger partial charge in [-0.1, -0.05) is 18.2 Å². The molecule has 0 saturated heterocycles. The molecule has 0 spiro atoms. The highest BCUT2D eigenvalue weighted by atomic mass is 79.9. The van der Waals surface area contributed by atoms with E-state index in [0.29, 0.717) is 21.4 Å². The second kappa shape index (κ2) is 6.92. The Hall–Kier alpha value is -2.54. The van der Waals surface area contributed by atoms with Crippen LogP contribution in [0.3, 0.4) is 0 Å². The maximum absolute atomic E-state index is 13.7. The Morgan fingerprint density at radius 3 is 2.54 bits per heavy atom. The van der Waals surface area contributed by atoms with Crippen molar-refractivity contribution in [3.8, 4) is 0 Å². The molecule has 0 unspecified atom stereocenters. The van der Waals surface area contributed by atoms with E-state index in [1.165, 1.54) is 35.0 Å². The fraction of sp³-hybridized carbons (Fsp3) is 0.0588. The monoisotopic (exact) mass is 391 g/mol. The van der Waals surface area contributed by atoms with E-state index in [1.807, 2.05) is 0 Å². The molecule has 3 aromatic rings. The molecule has 4 nitrogen and oxygen atoms in total. The molecule has 1 amide bonds. The molecule has 24 heavy (non-hydrogen) atoms. The Bertz CT molecular complexity index is 878. The predicted octanol–water partition coefficient (Wildman–Crippen LogP) is 4.22. The first-order valence-corrected chi connectivity index (χ1v) is 7.85. The Labute approximate surface area is 145 Å². The van der Waals surface area contributed by atoms with E-state index in [0.717, 1.165) is 0 Å². The highest BCUT2D eigenvalue weighted by Crippen LogP contribution is 2.22. The number of carbonyl (C=O) groups excluding carboxylic acids is 1. The molecule has 2 aromatic carbocycles. The zero-order valence-electron chi connectivity index (χ0n) is 12.3. The average Bonchev–Trinajstić information content (AvgIpc) is 2.90. The lowest BCUT2D eigenvalue weighted by atomic mass is 10.2. The molecule has 0 saturated carbocycles. The standard InChI is InChI=1S/C17H12BrF2N3O/c18-14-10-23(9-12-3-1-2-4-15(12)20)22-16(14)21-17(24)11-5-7-13(19)8-6-11/h1-8,10H,9H2,(H,21,22,24). The van der Waals surface area contributed by atoms with E-state index in [9.17, 15) is 13.6 Å². The first-order valence-electron chi connectivity index (χ1n) is 7.06. The summed E-state index contributed by atoms with van der Waals surface area (Å²) in [5.74, 6) is -0.838. The maximum Gasteiger partial charge on any atom is 0.256 e. The number of benzene rings is 2. The topological polar surface area (TPSA) is 46.9 Å². The molecule has 7 heteroatoms. The van der Waals surface area contributed by atoms with E-state index in [2.05, 4.69) is 26.3 Å². The number of hydrogen-bond acceptors (Lipinski definition) is 2. The molecule has 0 bridgehead atoms. The van der Waals surface area contributed by atoms with Gasteiger partial charge in [0.15, 0.2) is 5.82 Å². The van der Waals surface area contributed by atoms with Crippen LogP contribution in [0.1, 0.15) is 15.9 Å². The zero-order chi connectivity index (χ0) is 17.1. The third-order valence-corrected chi connectivity index (χ3v) is 3.93. The van der Waals surface area contributed by atoms with Crippen molar-refractivity contribution in [2.24, 2.45) is 0 Å². The number of carbonyl (C=O) groups is 1. The van der Waals surface area contributed by atoms with Crippen LogP contribution >= 0.6 is 15.9 Å². The first kappa shape index (κ1) is 16.3. The summed E-state index contributed by atoms with van der Waals surface area (Å²) in [6.07, 6.45) is 1.65. The summed E-state index contributed by atoms with van der Waals surface area (Å²) in [4.78, 5) is 12.1. The van der Waals surface area contributed by atoms with Crippen LogP contribution in [0.5, 0.6) is 0 Å². The van der Waals surface area contributed by atoms with Crippen LogP contribution in [0, 0.1) is 11.6 Å². The molecule has 0 aliphatic carbocycles. The zero-order valence-corrected chi connectivity index (χ0v) is 13.9. The number of hydrogen-bond donors (Lipinski definition) is 1. The fourth-order valence-electron chi connectivity index (χ4n) is 2.14. The number of halogens is 3. The van der Waals surface area contributed by atoms with Crippen molar-refractivity contribution >= 4 is 27.7 Å². The molecular weight excluding hydrogens is 380 g/mol. The predicted molar refractivity (Wildman–Crippen MR) is 89.8 cm³/mol. The molecule has 0 aliphatic rings. The fourth-order valence-corrected chi connectivity index (χ4v) is 2.56. The van der Waals surface area contributed by atoms with Crippen molar-refractivity contribution in [2.45, 2.75) is 6.54 Å². The summed E-state index contributed by atoms with van der Waals surface area (Å²) in [5.41, 5.74) is 0.802. The molecule has 0 atom stereocenters. The van der Waals surface area contributed by atoms with E-state index >= 15 is 0 Å². The quantitative estimate of drug-likeness (QED) is 0.723. The summed E-state index contributed by atoms with van der Waals surface area (Å²) in [5, 5.41) is 6.86. The first-order chi connectivity index (χ1) is 11.5. The number of rotatable bonds is 4. The van der Waals surface area contributed by atoms with Gasteiger partial charge in [0.2, 0.25) is 0 Å². The van der Waals surface area contributed by atoms with Gasteiger partial charge in [-0.15, -0.1) is 0 Å². The van der Waals surface area contributed by atoms with Gasteiger partial charge in [0.25, 0.3) is 5.91 Å².